The smallest absolute Gasteiger partial charge is 0.347 e. The maximum atomic E-state index is 11.4. The molecular weight excluding hydrogens is 266 g/mol. The fourth-order valence-electron chi connectivity index (χ4n) is 3.33. The van der Waals surface area contributed by atoms with Crippen LogP contribution in [-0.2, 0) is 9.53 Å². The molecule has 1 aromatic rings. The number of hydrogen-bond acceptors (Lipinski definition) is 3. The van der Waals surface area contributed by atoms with Crippen LogP contribution in [0.3, 0.4) is 0 Å². The highest BCUT2D eigenvalue weighted by atomic mass is 16.5. The van der Waals surface area contributed by atoms with Crippen LogP contribution >= 0.6 is 0 Å². The lowest BCUT2D eigenvalue weighted by Gasteiger charge is -2.24. The van der Waals surface area contributed by atoms with Gasteiger partial charge in [0.2, 0.25) is 12.0 Å². The van der Waals surface area contributed by atoms with Crippen molar-refractivity contribution < 1.29 is 14.6 Å². The molecule has 1 unspecified atom stereocenters. The van der Waals surface area contributed by atoms with E-state index in [-0.39, 0.29) is 6.04 Å². The van der Waals surface area contributed by atoms with Crippen LogP contribution in [0.1, 0.15) is 44.1 Å². The first kappa shape index (κ1) is 14.1. The van der Waals surface area contributed by atoms with E-state index in [4.69, 9.17) is 4.74 Å². The van der Waals surface area contributed by atoms with Crippen molar-refractivity contribution in [3.63, 3.8) is 0 Å². The molecule has 1 aromatic carbocycles. The Labute approximate surface area is 124 Å². The Morgan fingerprint density at radius 1 is 1.19 bits per heavy atom. The van der Waals surface area contributed by atoms with Gasteiger partial charge in [0, 0.05) is 5.56 Å². The fraction of sp³-hybridized carbons (Fsp3) is 0.529. The van der Waals surface area contributed by atoms with Crippen molar-refractivity contribution in [3.8, 4) is 0 Å². The standard InChI is InChI=1S/C17H21NO3/c19-17(20)15-14(11-12-7-3-1-4-8-12)18-16(21-15)13-9-5-2-6-10-13/h2,5-6,9-10,12,14-15H,1,3-4,7-8,11H2,(H,19,20)/t14-,15?/m0/s1. The van der Waals surface area contributed by atoms with E-state index < -0.39 is 12.1 Å². The number of aliphatic carboxylic acids is 1. The highest BCUT2D eigenvalue weighted by Crippen LogP contribution is 2.31. The molecule has 1 saturated carbocycles. The summed E-state index contributed by atoms with van der Waals surface area (Å²) in [7, 11) is 0. The molecule has 2 aliphatic rings. The summed E-state index contributed by atoms with van der Waals surface area (Å²) in [6.07, 6.45) is 6.20. The predicted molar refractivity (Wildman–Crippen MR) is 80.5 cm³/mol. The van der Waals surface area contributed by atoms with Crippen molar-refractivity contribution in [3.05, 3.63) is 35.9 Å². The van der Waals surface area contributed by atoms with Gasteiger partial charge >= 0.3 is 5.97 Å². The van der Waals surface area contributed by atoms with Gasteiger partial charge in [0.25, 0.3) is 0 Å². The van der Waals surface area contributed by atoms with Crippen LogP contribution in [0.15, 0.2) is 35.3 Å². The summed E-state index contributed by atoms with van der Waals surface area (Å²) in [5, 5.41) is 9.38. The first-order chi connectivity index (χ1) is 10.2. The zero-order valence-electron chi connectivity index (χ0n) is 12.1. The molecule has 1 N–H and O–H groups in total. The van der Waals surface area contributed by atoms with Gasteiger partial charge in [0.15, 0.2) is 0 Å². The first-order valence-electron chi connectivity index (χ1n) is 7.77. The van der Waals surface area contributed by atoms with E-state index >= 15 is 0 Å². The van der Waals surface area contributed by atoms with Gasteiger partial charge in [-0.2, -0.15) is 0 Å². The fourth-order valence-corrected chi connectivity index (χ4v) is 3.33. The van der Waals surface area contributed by atoms with Gasteiger partial charge in [-0.15, -0.1) is 0 Å². The number of ether oxygens (including phenoxy) is 1. The average Bonchev–Trinajstić information content (AvgIpc) is 2.93. The van der Waals surface area contributed by atoms with Crippen molar-refractivity contribution in [1.29, 1.82) is 0 Å². The third-order valence-corrected chi connectivity index (χ3v) is 4.43. The molecule has 0 bridgehead atoms. The molecule has 1 aliphatic carbocycles. The molecule has 4 nitrogen and oxygen atoms in total. The summed E-state index contributed by atoms with van der Waals surface area (Å²) < 4.78 is 5.61. The van der Waals surface area contributed by atoms with Gasteiger partial charge in [-0.3, -0.25) is 0 Å². The lowest BCUT2D eigenvalue weighted by molar-refractivity contribution is -0.145. The number of carbonyl (C=O) groups is 1. The summed E-state index contributed by atoms with van der Waals surface area (Å²) in [6, 6.07) is 9.30. The summed E-state index contributed by atoms with van der Waals surface area (Å²) in [4.78, 5) is 16.0. The molecule has 0 spiro atoms. The molecule has 0 amide bonds. The normalized spacial score (nSPS) is 26.2. The van der Waals surface area contributed by atoms with E-state index in [0.717, 1.165) is 12.0 Å². The topological polar surface area (TPSA) is 58.9 Å². The SMILES string of the molecule is O=C(O)C1OC(c2ccccc2)=N[C@H]1CC1CCCCC1. The predicted octanol–water partition coefficient (Wildman–Crippen LogP) is 3.26. The van der Waals surface area contributed by atoms with E-state index in [0.29, 0.717) is 11.8 Å². The van der Waals surface area contributed by atoms with Crippen molar-refractivity contribution in [2.24, 2.45) is 10.9 Å². The van der Waals surface area contributed by atoms with Crippen LogP contribution < -0.4 is 0 Å². The third-order valence-electron chi connectivity index (χ3n) is 4.43. The Morgan fingerprint density at radius 3 is 2.57 bits per heavy atom. The molecule has 0 aromatic heterocycles. The Bertz CT molecular complexity index is 520. The van der Waals surface area contributed by atoms with Crippen LogP contribution in [0, 0.1) is 5.92 Å². The number of aliphatic imine (C=N–C) groups is 1. The molecule has 112 valence electrons. The number of carboxylic acid groups (broad SMARTS) is 1. The lowest BCUT2D eigenvalue weighted by Crippen LogP contribution is -2.33. The number of rotatable bonds is 4. The second-order valence-corrected chi connectivity index (χ2v) is 5.98. The van der Waals surface area contributed by atoms with Crippen molar-refractivity contribution in [2.45, 2.75) is 50.7 Å². The number of carboxylic acids is 1. The highest BCUT2D eigenvalue weighted by molar-refractivity contribution is 5.97. The average molecular weight is 287 g/mol. The zero-order valence-corrected chi connectivity index (χ0v) is 12.1. The number of nitrogens with zero attached hydrogens (tertiary/aromatic N) is 1. The second-order valence-electron chi connectivity index (χ2n) is 5.98. The Kier molecular flexibility index (Phi) is 4.23. The van der Waals surface area contributed by atoms with Crippen LogP contribution in [-0.4, -0.2) is 29.1 Å². The summed E-state index contributed by atoms with van der Waals surface area (Å²) in [6.45, 7) is 0. The maximum Gasteiger partial charge on any atom is 0.347 e. The van der Waals surface area contributed by atoms with Gasteiger partial charge in [-0.25, -0.2) is 9.79 Å². The Balaban J connectivity index is 1.75. The van der Waals surface area contributed by atoms with Crippen LogP contribution in [0.5, 0.6) is 0 Å². The van der Waals surface area contributed by atoms with Gasteiger partial charge < -0.3 is 9.84 Å². The molecule has 4 heteroatoms. The Morgan fingerprint density at radius 2 is 1.90 bits per heavy atom. The van der Waals surface area contributed by atoms with Crippen molar-refractivity contribution in [2.75, 3.05) is 0 Å². The van der Waals surface area contributed by atoms with Gasteiger partial charge in [-0.1, -0.05) is 50.3 Å². The van der Waals surface area contributed by atoms with E-state index in [1.165, 1.54) is 32.1 Å². The summed E-state index contributed by atoms with van der Waals surface area (Å²) >= 11 is 0. The summed E-state index contributed by atoms with van der Waals surface area (Å²) in [5.41, 5.74) is 0.856. The quantitative estimate of drug-likeness (QED) is 0.924. The van der Waals surface area contributed by atoms with E-state index in [9.17, 15) is 9.90 Å². The minimum absolute atomic E-state index is 0.249. The molecule has 0 saturated heterocycles. The minimum atomic E-state index is -0.912. The third kappa shape index (κ3) is 3.26. The van der Waals surface area contributed by atoms with E-state index in [2.05, 4.69) is 4.99 Å². The maximum absolute atomic E-state index is 11.4. The molecular formula is C17H21NO3. The van der Waals surface area contributed by atoms with Crippen LogP contribution in [0.25, 0.3) is 0 Å². The molecule has 2 atom stereocenters. The Hall–Kier alpha value is -1.84. The largest absolute Gasteiger partial charge is 0.478 e. The molecule has 0 radical (unpaired) electrons. The summed E-state index contributed by atoms with van der Waals surface area (Å²) in [5.74, 6) is 0.155. The minimum Gasteiger partial charge on any atom is -0.478 e. The second kappa shape index (κ2) is 6.29. The van der Waals surface area contributed by atoms with Crippen LogP contribution in [0.4, 0.5) is 0 Å². The zero-order chi connectivity index (χ0) is 14.7. The van der Waals surface area contributed by atoms with Crippen molar-refractivity contribution in [1.82, 2.24) is 0 Å². The molecule has 21 heavy (non-hydrogen) atoms. The highest BCUT2D eigenvalue weighted by Gasteiger charge is 2.38. The number of hydrogen-bond donors (Lipinski definition) is 1. The van der Waals surface area contributed by atoms with Crippen LogP contribution in [0.2, 0.25) is 0 Å². The molecule has 1 aliphatic heterocycles. The van der Waals surface area contributed by atoms with E-state index in [1.54, 1.807) is 0 Å². The van der Waals surface area contributed by atoms with Gasteiger partial charge in [0.1, 0.15) is 6.04 Å². The van der Waals surface area contributed by atoms with Gasteiger partial charge in [0.05, 0.1) is 0 Å². The molecule has 1 fully saturated rings. The van der Waals surface area contributed by atoms with Gasteiger partial charge in [-0.05, 0) is 24.5 Å². The molecule has 1 heterocycles. The monoisotopic (exact) mass is 287 g/mol. The lowest BCUT2D eigenvalue weighted by atomic mass is 9.84. The first-order valence-corrected chi connectivity index (χ1v) is 7.77. The van der Waals surface area contributed by atoms with Crippen molar-refractivity contribution >= 4 is 11.9 Å². The molecule has 3 rings (SSSR count). The number of benzene rings is 1. The van der Waals surface area contributed by atoms with E-state index in [1.807, 2.05) is 30.3 Å².